The Bertz CT molecular complexity index is 720. The monoisotopic (exact) mass is 311 g/mol. The second-order valence-corrected chi connectivity index (χ2v) is 5.51. The summed E-state index contributed by atoms with van der Waals surface area (Å²) in [6.45, 7) is 0. The molecule has 19 heavy (non-hydrogen) atoms. The SMILES string of the molecule is O=C1N=Nc2ccc(Sc3ccc(Cl)c(Cl)c3)n[n+]21. The van der Waals surface area contributed by atoms with Crippen LogP contribution in [0.5, 0.6) is 0 Å². The summed E-state index contributed by atoms with van der Waals surface area (Å²) in [5.41, 5.74) is 0. The largest absolute Gasteiger partial charge is 0.537 e. The molecule has 94 valence electrons. The maximum absolute atomic E-state index is 11.4. The molecule has 0 N–H and O–H groups in total. The topological polar surface area (TPSA) is 58.6 Å². The van der Waals surface area contributed by atoms with E-state index in [-0.39, 0.29) is 0 Å². The maximum atomic E-state index is 11.4. The molecule has 5 nitrogen and oxygen atoms in total. The average Bonchev–Trinajstić information content (AvgIpc) is 2.76. The highest BCUT2D eigenvalue weighted by Gasteiger charge is 2.29. The standard InChI is InChI=1S/C11H5Cl2N4OS/c12-7-2-1-6(5-8(7)13)19-10-4-3-9-14-15-11(18)17(9)16-10/h1-5H/q+1. The minimum atomic E-state index is -0.494. The van der Waals surface area contributed by atoms with Crippen LogP contribution in [0.15, 0.2) is 50.5 Å². The van der Waals surface area contributed by atoms with Gasteiger partial charge in [0.2, 0.25) is 0 Å². The van der Waals surface area contributed by atoms with E-state index in [1.54, 1.807) is 24.3 Å². The number of nitrogens with zero attached hydrogens (tertiary/aromatic N) is 4. The average molecular weight is 312 g/mol. The zero-order valence-corrected chi connectivity index (χ0v) is 11.6. The molecule has 3 rings (SSSR count). The molecule has 0 atom stereocenters. The molecule has 0 saturated heterocycles. The smallest absolute Gasteiger partial charge is 0.203 e. The Balaban J connectivity index is 1.90. The number of halogens is 2. The van der Waals surface area contributed by atoms with E-state index in [1.807, 2.05) is 6.07 Å². The van der Waals surface area contributed by atoms with E-state index >= 15 is 0 Å². The summed E-state index contributed by atoms with van der Waals surface area (Å²) in [7, 11) is 0. The molecule has 0 fully saturated rings. The van der Waals surface area contributed by atoms with E-state index in [4.69, 9.17) is 23.2 Å². The lowest BCUT2D eigenvalue weighted by Crippen LogP contribution is -2.41. The van der Waals surface area contributed by atoms with Crippen molar-refractivity contribution in [2.24, 2.45) is 10.2 Å². The highest BCUT2D eigenvalue weighted by Crippen LogP contribution is 2.31. The Morgan fingerprint density at radius 3 is 2.68 bits per heavy atom. The number of carbonyl (C=O) groups excluding carboxylic acids is 1. The van der Waals surface area contributed by atoms with Crippen molar-refractivity contribution >= 4 is 46.8 Å². The Hall–Kier alpha value is -1.50. The summed E-state index contributed by atoms with van der Waals surface area (Å²) in [6.07, 6.45) is 0. The van der Waals surface area contributed by atoms with Crippen molar-refractivity contribution in [1.29, 1.82) is 0 Å². The molecular formula is C11H5Cl2N4OS+. The third kappa shape index (κ3) is 2.47. The summed E-state index contributed by atoms with van der Waals surface area (Å²) >= 11 is 13.2. The first kappa shape index (κ1) is 12.5. The number of benzene rings is 1. The normalized spacial score (nSPS) is 12.8. The Labute approximate surface area is 122 Å². The van der Waals surface area contributed by atoms with Crippen molar-refractivity contribution in [2.45, 2.75) is 9.92 Å². The van der Waals surface area contributed by atoms with Crippen molar-refractivity contribution in [1.82, 2.24) is 5.10 Å². The molecule has 1 aromatic carbocycles. The number of aromatic nitrogens is 2. The first-order chi connectivity index (χ1) is 9.13. The van der Waals surface area contributed by atoms with E-state index in [0.29, 0.717) is 20.9 Å². The molecule has 0 unspecified atom stereocenters. The van der Waals surface area contributed by atoms with E-state index < -0.39 is 6.03 Å². The molecule has 2 aromatic rings. The van der Waals surface area contributed by atoms with Crippen LogP contribution in [-0.2, 0) is 0 Å². The van der Waals surface area contributed by atoms with Crippen molar-refractivity contribution in [3.8, 4) is 0 Å². The molecule has 0 spiro atoms. The van der Waals surface area contributed by atoms with Gasteiger partial charge < -0.3 is 0 Å². The first-order valence-electron chi connectivity index (χ1n) is 5.16. The van der Waals surface area contributed by atoms with Crippen molar-refractivity contribution in [3.05, 3.63) is 40.4 Å². The van der Waals surface area contributed by atoms with E-state index in [0.717, 1.165) is 9.58 Å². The second-order valence-electron chi connectivity index (χ2n) is 3.60. The molecule has 8 heteroatoms. The zero-order valence-electron chi connectivity index (χ0n) is 9.25. The minimum Gasteiger partial charge on any atom is -0.203 e. The second kappa shape index (κ2) is 4.88. The summed E-state index contributed by atoms with van der Waals surface area (Å²) < 4.78 is 1.15. The lowest BCUT2D eigenvalue weighted by Gasteiger charge is -2.02. The van der Waals surface area contributed by atoms with Crippen molar-refractivity contribution in [2.75, 3.05) is 0 Å². The van der Waals surface area contributed by atoms with Gasteiger partial charge in [-0.15, -0.1) is 0 Å². The fourth-order valence-electron chi connectivity index (χ4n) is 1.47. The van der Waals surface area contributed by atoms with Gasteiger partial charge >= 0.3 is 11.8 Å². The predicted octanol–water partition coefficient (Wildman–Crippen LogP) is 3.89. The van der Waals surface area contributed by atoms with Gasteiger partial charge in [0.15, 0.2) is 0 Å². The van der Waals surface area contributed by atoms with Crippen molar-refractivity contribution < 1.29 is 9.48 Å². The number of azo groups is 1. The summed E-state index contributed by atoms with van der Waals surface area (Å²) in [5.74, 6) is 0.420. The lowest BCUT2D eigenvalue weighted by atomic mass is 10.4. The van der Waals surface area contributed by atoms with Gasteiger partial charge in [-0.25, -0.2) is 4.79 Å². The molecule has 1 aromatic heterocycles. The maximum Gasteiger partial charge on any atom is 0.537 e. The quantitative estimate of drug-likeness (QED) is 0.790. The number of rotatable bonds is 2. The Morgan fingerprint density at radius 1 is 1.05 bits per heavy atom. The van der Waals surface area contributed by atoms with Crippen LogP contribution >= 0.6 is 35.0 Å². The van der Waals surface area contributed by atoms with Crippen LogP contribution in [-0.4, -0.2) is 11.1 Å². The lowest BCUT2D eigenvalue weighted by molar-refractivity contribution is -0.620. The van der Waals surface area contributed by atoms with E-state index in [2.05, 4.69) is 15.3 Å². The molecule has 1 aliphatic heterocycles. The molecule has 0 saturated carbocycles. The minimum absolute atomic E-state index is 0.420. The van der Waals surface area contributed by atoms with Crippen LogP contribution in [0.2, 0.25) is 10.0 Å². The van der Waals surface area contributed by atoms with Crippen molar-refractivity contribution in [3.63, 3.8) is 0 Å². The van der Waals surface area contributed by atoms with E-state index in [1.165, 1.54) is 11.8 Å². The van der Waals surface area contributed by atoms with Gasteiger partial charge in [0.25, 0.3) is 0 Å². The number of amides is 1. The van der Waals surface area contributed by atoms with Crippen LogP contribution in [0.25, 0.3) is 0 Å². The fourth-order valence-corrected chi connectivity index (χ4v) is 2.64. The third-order valence-electron chi connectivity index (χ3n) is 2.32. The third-order valence-corrected chi connectivity index (χ3v) is 3.98. The zero-order chi connectivity index (χ0) is 13.4. The molecular weight excluding hydrogens is 307 g/mol. The highest BCUT2D eigenvalue weighted by atomic mass is 35.5. The summed E-state index contributed by atoms with van der Waals surface area (Å²) in [6, 6.07) is 8.23. The van der Waals surface area contributed by atoms with Gasteiger partial charge in [-0.3, -0.25) is 0 Å². The number of hydrogen-bond donors (Lipinski definition) is 0. The summed E-state index contributed by atoms with van der Waals surface area (Å²) in [5, 5.41) is 12.9. The molecule has 0 bridgehead atoms. The van der Waals surface area contributed by atoms with Gasteiger partial charge in [0.1, 0.15) is 10.1 Å². The number of fused-ring (bicyclic) bond motifs is 1. The predicted molar refractivity (Wildman–Crippen MR) is 70.3 cm³/mol. The molecule has 1 amide bonds. The summed E-state index contributed by atoms with van der Waals surface area (Å²) in [4.78, 5) is 12.2. The number of hydrogen-bond acceptors (Lipinski definition) is 4. The molecule has 1 aliphatic rings. The van der Waals surface area contributed by atoms with Gasteiger partial charge in [-0.1, -0.05) is 44.7 Å². The highest BCUT2D eigenvalue weighted by molar-refractivity contribution is 7.99. The van der Waals surface area contributed by atoms with Crippen LogP contribution in [0.4, 0.5) is 10.6 Å². The molecule has 2 heterocycles. The van der Waals surface area contributed by atoms with Gasteiger partial charge in [0, 0.05) is 11.0 Å². The van der Waals surface area contributed by atoms with Gasteiger partial charge in [0.05, 0.1) is 15.2 Å². The number of carbonyl (C=O) groups is 1. The van der Waals surface area contributed by atoms with Crippen LogP contribution in [0.1, 0.15) is 0 Å². The van der Waals surface area contributed by atoms with Crippen LogP contribution in [0, 0.1) is 0 Å². The van der Waals surface area contributed by atoms with Gasteiger partial charge in [-0.05, 0) is 24.3 Å². The van der Waals surface area contributed by atoms with Crippen LogP contribution in [0.3, 0.4) is 0 Å². The molecule has 0 aliphatic carbocycles. The fraction of sp³-hybridized carbons (Fsp3) is 0. The Kier molecular flexibility index (Phi) is 3.22. The van der Waals surface area contributed by atoms with E-state index in [9.17, 15) is 4.79 Å². The van der Waals surface area contributed by atoms with Crippen LogP contribution < -0.4 is 4.68 Å². The molecule has 0 radical (unpaired) electrons. The Morgan fingerprint density at radius 2 is 1.89 bits per heavy atom. The van der Waals surface area contributed by atoms with Gasteiger partial charge in [-0.2, -0.15) is 0 Å². The first-order valence-corrected chi connectivity index (χ1v) is 6.73.